The van der Waals surface area contributed by atoms with Gasteiger partial charge >= 0.3 is 0 Å². The second-order valence-electron chi connectivity index (χ2n) is 4.84. The molecule has 0 fully saturated rings. The minimum absolute atomic E-state index is 0.0834. The molecule has 0 atom stereocenters. The third-order valence-corrected chi connectivity index (χ3v) is 3.42. The molecule has 0 bridgehead atoms. The summed E-state index contributed by atoms with van der Waals surface area (Å²) in [5, 5.41) is 0. The molecule has 0 aliphatic heterocycles. The number of ketones is 1. The lowest BCUT2D eigenvalue weighted by atomic mass is 10.1. The number of nitrogens with zero attached hydrogens (tertiary/aromatic N) is 2. The molecule has 106 valence electrons. The Labute approximate surface area is 119 Å². The summed E-state index contributed by atoms with van der Waals surface area (Å²) in [5.74, 6) is -2.56. The van der Waals surface area contributed by atoms with E-state index in [1.807, 2.05) is 24.3 Å². The number of carbonyl (C=O) groups excluding carboxylic acids is 1. The van der Waals surface area contributed by atoms with E-state index in [-0.39, 0.29) is 17.7 Å². The molecule has 1 heterocycles. The van der Waals surface area contributed by atoms with E-state index < -0.39 is 17.4 Å². The molecule has 21 heavy (non-hydrogen) atoms. The van der Waals surface area contributed by atoms with Crippen LogP contribution in [0, 0.1) is 18.6 Å². The van der Waals surface area contributed by atoms with Crippen molar-refractivity contribution in [2.75, 3.05) is 0 Å². The maximum absolute atomic E-state index is 13.8. The normalized spacial score (nSPS) is 11.0. The zero-order chi connectivity index (χ0) is 15.0. The number of hydrogen-bond acceptors (Lipinski definition) is 2. The van der Waals surface area contributed by atoms with Crippen molar-refractivity contribution in [3.05, 3.63) is 65.5 Å². The highest BCUT2D eigenvalue weighted by Crippen LogP contribution is 2.18. The van der Waals surface area contributed by atoms with Gasteiger partial charge in [0.05, 0.1) is 29.5 Å². The number of para-hydroxylation sites is 2. The van der Waals surface area contributed by atoms with Crippen molar-refractivity contribution in [1.29, 1.82) is 0 Å². The van der Waals surface area contributed by atoms with Crippen LogP contribution >= 0.6 is 0 Å². The van der Waals surface area contributed by atoms with Gasteiger partial charge in [0.15, 0.2) is 17.4 Å². The summed E-state index contributed by atoms with van der Waals surface area (Å²) in [4.78, 5) is 16.3. The Balaban J connectivity index is 1.95. The highest BCUT2D eigenvalue weighted by Gasteiger charge is 2.18. The van der Waals surface area contributed by atoms with Crippen LogP contribution in [0.3, 0.4) is 0 Å². The van der Waals surface area contributed by atoms with Crippen molar-refractivity contribution in [3.63, 3.8) is 0 Å². The first-order valence-electron chi connectivity index (χ1n) is 6.45. The predicted octanol–water partition coefficient (Wildman–Crippen LogP) is 3.51. The summed E-state index contributed by atoms with van der Waals surface area (Å²) in [5.41, 5.74) is 1.47. The zero-order valence-electron chi connectivity index (χ0n) is 11.3. The lowest BCUT2D eigenvalue weighted by Crippen LogP contribution is -2.12. The van der Waals surface area contributed by atoms with Crippen molar-refractivity contribution < 1.29 is 13.6 Å². The quantitative estimate of drug-likeness (QED) is 0.691. The second kappa shape index (κ2) is 5.09. The number of halogens is 2. The number of rotatable bonds is 3. The third kappa shape index (κ3) is 2.31. The summed E-state index contributed by atoms with van der Waals surface area (Å²) in [7, 11) is 0. The van der Waals surface area contributed by atoms with Gasteiger partial charge in [0.25, 0.3) is 0 Å². The van der Waals surface area contributed by atoms with Gasteiger partial charge in [-0.2, -0.15) is 0 Å². The molecule has 0 radical (unpaired) electrons. The van der Waals surface area contributed by atoms with E-state index in [1.54, 1.807) is 4.57 Å². The number of aromatic nitrogens is 2. The SMILES string of the molecule is Cc1ccc(C(=O)Cn2cnc3ccccc32)c(F)c1F. The summed E-state index contributed by atoms with van der Waals surface area (Å²) in [6, 6.07) is 10.0. The van der Waals surface area contributed by atoms with E-state index in [9.17, 15) is 13.6 Å². The van der Waals surface area contributed by atoms with E-state index in [0.717, 1.165) is 11.0 Å². The van der Waals surface area contributed by atoms with Crippen LogP contribution < -0.4 is 0 Å². The lowest BCUT2D eigenvalue weighted by Gasteiger charge is -2.07. The molecule has 0 saturated heterocycles. The van der Waals surface area contributed by atoms with E-state index in [2.05, 4.69) is 4.98 Å². The first-order chi connectivity index (χ1) is 10.1. The fourth-order valence-corrected chi connectivity index (χ4v) is 2.24. The molecule has 2 aromatic carbocycles. The van der Waals surface area contributed by atoms with Gasteiger partial charge in [0.2, 0.25) is 0 Å². The number of carbonyl (C=O) groups is 1. The van der Waals surface area contributed by atoms with Crippen molar-refractivity contribution >= 4 is 16.8 Å². The number of benzene rings is 2. The molecule has 0 spiro atoms. The van der Waals surface area contributed by atoms with Gasteiger partial charge in [-0.3, -0.25) is 4.79 Å². The molecule has 0 saturated carbocycles. The Hall–Kier alpha value is -2.56. The molecule has 0 unspecified atom stereocenters. The van der Waals surface area contributed by atoms with Gasteiger partial charge in [-0.15, -0.1) is 0 Å². The molecule has 5 heteroatoms. The molecule has 3 nitrogen and oxygen atoms in total. The smallest absolute Gasteiger partial charge is 0.185 e. The van der Waals surface area contributed by atoms with Gasteiger partial charge in [0, 0.05) is 0 Å². The zero-order valence-corrected chi connectivity index (χ0v) is 11.3. The van der Waals surface area contributed by atoms with Crippen LogP contribution in [0.1, 0.15) is 15.9 Å². The molecular weight excluding hydrogens is 274 g/mol. The van der Waals surface area contributed by atoms with E-state index in [4.69, 9.17) is 0 Å². The number of imidazole rings is 1. The summed E-state index contributed by atoms with van der Waals surface area (Å²) >= 11 is 0. The highest BCUT2D eigenvalue weighted by atomic mass is 19.2. The van der Waals surface area contributed by atoms with Crippen LogP contribution in [0.2, 0.25) is 0 Å². The standard InChI is InChI=1S/C16H12F2N2O/c1-10-6-7-11(16(18)15(10)17)14(21)8-20-9-19-12-4-2-3-5-13(12)20/h2-7,9H,8H2,1H3. The highest BCUT2D eigenvalue weighted by molar-refractivity contribution is 5.97. The Morgan fingerprint density at radius 3 is 2.71 bits per heavy atom. The lowest BCUT2D eigenvalue weighted by molar-refractivity contribution is 0.0968. The second-order valence-corrected chi connectivity index (χ2v) is 4.84. The van der Waals surface area contributed by atoms with Crippen molar-refractivity contribution in [3.8, 4) is 0 Å². The number of fused-ring (bicyclic) bond motifs is 1. The van der Waals surface area contributed by atoms with Gasteiger partial charge in [-0.25, -0.2) is 13.8 Å². The molecule has 3 rings (SSSR count). The van der Waals surface area contributed by atoms with Crippen LogP contribution in [0.25, 0.3) is 11.0 Å². The molecular formula is C16H12F2N2O. The first-order valence-corrected chi connectivity index (χ1v) is 6.45. The van der Waals surface area contributed by atoms with Gasteiger partial charge in [-0.1, -0.05) is 18.2 Å². The van der Waals surface area contributed by atoms with Gasteiger partial charge < -0.3 is 4.57 Å². The Morgan fingerprint density at radius 2 is 1.90 bits per heavy atom. The number of aryl methyl sites for hydroxylation is 1. The van der Waals surface area contributed by atoms with Gasteiger partial charge in [0.1, 0.15) is 0 Å². The molecule has 0 N–H and O–H groups in total. The van der Waals surface area contributed by atoms with E-state index in [0.29, 0.717) is 0 Å². The summed E-state index contributed by atoms with van der Waals surface area (Å²) < 4.78 is 29.0. The largest absolute Gasteiger partial charge is 0.323 e. The van der Waals surface area contributed by atoms with Crippen LogP contribution in [-0.2, 0) is 6.54 Å². The van der Waals surface area contributed by atoms with Crippen LogP contribution in [0.15, 0.2) is 42.7 Å². The van der Waals surface area contributed by atoms with Crippen molar-refractivity contribution in [1.82, 2.24) is 9.55 Å². The average Bonchev–Trinajstić information content (AvgIpc) is 2.88. The fraction of sp³-hybridized carbons (Fsp3) is 0.125. The number of Topliss-reactive ketones (excluding diaryl/α,β-unsaturated/α-hetero) is 1. The van der Waals surface area contributed by atoms with Crippen LogP contribution in [0.5, 0.6) is 0 Å². The predicted molar refractivity (Wildman–Crippen MR) is 75.2 cm³/mol. The van der Waals surface area contributed by atoms with Crippen LogP contribution in [-0.4, -0.2) is 15.3 Å². The Kier molecular flexibility index (Phi) is 3.25. The fourth-order valence-electron chi connectivity index (χ4n) is 2.24. The minimum Gasteiger partial charge on any atom is -0.323 e. The monoisotopic (exact) mass is 286 g/mol. The molecule has 1 aromatic heterocycles. The molecule has 0 aliphatic rings. The van der Waals surface area contributed by atoms with Crippen molar-refractivity contribution in [2.45, 2.75) is 13.5 Å². The summed E-state index contributed by atoms with van der Waals surface area (Å²) in [6.45, 7) is 1.37. The molecule has 3 aromatic rings. The maximum atomic E-state index is 13.8. The number of hydrogen-bond donors (Lipinski definition) is 0. The Bertz CT molecular complexity index is 839. The topological polar surface area (TPSA) is 34.9 Å². The Morgan fingerprint density at radius 1 is 1.14 bits per heavy atom. The molecule has 0 amide bonds. The van der Waals surface area contributed by atoms with Gasteiger partial charge in [-0.05, 0) is 30.7 Å². The first kappa shape index (κ1) is 13.4. The summed E-state index contributed by atoms with van der Waals surface area (Å²) in [6.07, 6.45) is 1.52. The third-order valence-electron chi connectivity index (χ3n) is 3.42. The average molecular weight is 286 g/mol. The molecule has 0 aliphatic carbocycles. The van der Waals surface area contributed by atoms with Crippen molar-refractivity contribution in [2.24, 2.45) is 0 Å². The van der Waals surface area contributed by atoms with E-state index in [1.165, 1.54) is 25.4 Å². The van der Waals surface area contributed by atoms with Crippen LogP contribution in [0.4, 0.5) is 8.78 Å². The maximum Gasteiger partial charge on any atom is 0.185 e. The minimum atomic E-state index is -1.09. The van der Waals surface area contributed by atoms with E-state index >= 15 is 0 Å².